The minimum absolute atomic E-state index is 0.248. The highest BCUT2D eigenvalue weighted by Crippen LogP contribution is 2.39. The average molecular weight is 356 g/mol. The molecule has 0 unspecified atom stereocenters. The molecule has 2 aromatic rings. The fourth-order valence-electron chi connectivity index (χ4n) is 2.80. The van der Waals surface area contributed by atoms with E-state index < -0.39 is 11.9 Å². The van der Waals surface area contributed by atoms with Crippen LogP contribution in [0.25, 0.3) is 0 Å². The Morgan fingerprint density at radius 2 is 2.12 bits per heavy atom. The Hall–Kier alpha value is -2.85. The number of benzene rings is 1. The molecule has 128 valence electrons. The molecule has 1 heterocycles. The van der Waals surface area contributed by atoms with Gasteiger partial charge >= 0.3 is 5.97 Å². The van der Waals surface area contributed by atoms with Gasteiger partial charge in [0, 0.05) is 4.88 Å². The quantitative estimate of drug-likeness (QED) is 0.832. The van der Waals surface area contributed by atoms with Crippen LogP contribution in [0.1, 0.15) is 32.8 Å². The average Bonchev–Trinajstić information content (AvgIpc) is 3.20. The zero-order valence-corrected chi connectivity index (χ0v) is 14.4. The third kappa shape index (κ3) is 3.49. The molecule has 3 rings (SSSR count). The molecule has 0 aliphatic heterocycles. The van der Waals surface area contributed by atoms with Crippen LogP contribution >= 0.6 is 11.3 Å². The fraction of sp³-hybridized carbons (Fsp3) is 0.278. The van der Waals surface area contributed by atoms with Crippen molar-refractivity contribution in [2.24, 2.45) is 0 Å². The van der Waals surface area contributed by atoms with Crippen LogP contribution in [0, 0.1) is 11.3 Å². The highest BCUT2D eigenvalue weighted by atomic mass is 32.1. The molecule has 1 N–H and O–H groups in total. The first-order chi connectivity index (χ1) is 12.1. The molecule has 1 aromatic carbocycles. The number of nitrogens with zero attached hydrogens (tertiary/aromatic N) is 1. The van der Waals surface area contributed by atoms with Gasteiger partial charge in [-0.15, -0.1) is 11.3 Å². The summed E-state index contributed by atoms with van der Waals surface area (Å²) in [7, 11) is 1.33. The van der Waals surface area contributed by atoms with Gasteiger partial charge in [-0.2, -0.15) is 5.26 Å². The topological polar surface area (TPSA) is 88.4 Å². The van der Waals surface area contributed by atoms with Crippen molar-refractivity contribution in [2.75, 3.05) is 19.0 Å². The Morgan fingerprint density at radius 1 is 1.32 bits per heavy atom. The molecule has 0 fully saturated rings. The monoisotopic (exact) mass is 356 g/mol. The van der Waals surface area contributed by atoms with Crippen LogP contribution in [0.3, 0.4) is 0 Å². The summed E-state index contributed by atoms with van der Waals surface area (Å²) in [5.41, 5.74) is 1.79. The highest BCUT2D eigenvalue weighted by Gasteiger charge is 2.28. The molecule has 1 aliphatic rings. The fourth-order valence-corrected chi connectivity index (χ4v) is 4.09. The second-order valence-electron chi connectivity index (χ2n) is 5.50. The van der Waals surface area contributed by atoms with Gasteiger partial charge in [0.1, 0.15) is 16.8 Å². The summed E-state index contributed by atoms with van der Waals surface area (Å²) >= 11 is 1.41. The van der Waals surface area contributed by atoms with Crippen molar-refractivity contribution in [3.63, 3.8) is 0 Å². The number of carbonyl (C=O) groups is 2. The lowest BCUT2D eigenvalue weighted by molar-refractivity contribution is -0.118. The molecule has 25 heavy (non-hydrogen) atoms. The summed E-state index contributed by atoms with van der Waals surface area (Å²) in [6.45, 7) is -0.248. The summed E-state index contributed by atoms with van der Waals surface area (Å²) in [6, 6.07) is 8.71. The standard InChI is InChI=1S/C18H16N2O4S/c1-23-18(22)16-12-6-4-8-14(12)25-17(16)20-15(21)10-24-13-7-3-2-5-11(13)9-19/h2-3,5,7H,4,6,8,10H2,1H3,(H,20,21). The van der Waals surface area contributed by atoms with Crippen LogP contribution in [0.15, 0.2) is 24.3 Å². The van der Waals surface area contributed by atoms with E-state index in [1.165, 1.54) is 18.4 Å². The molecule has 0 radical (unpaired) electrons. The van der Waals surface area contributed by atoms with Crippen molar-refractivity contribution in [1.29, 1.82) is 5.26 Å². The van der Waals surface area contributed by atoms with Crippen LogP contribution < -0.4 is 10.1 Å². The van der Waals surface area contributed by atoms with E-state index in [9.17, 15) is 9.59 Å². The molecule has 0 bridgehead atoms. The Labute approximate surface area is 149 Å². The molecule has 7 heteroatoms. The lowest BCUT2D eigenvalue weighted by Gasteiger charge is -2.09. The molecule has 6 nitrogen and oxygen atoms in total. The van der Waals surface area contributed by atoms with Gasteiger partial charge in [-0.1, -0.05) is 12.1 Å². The van der Waals surface area contributed by atoms with Gasteiger partial charge in [0.15, 0.2) is 6.61 Å². The lowest BCUT2D eigenvalue weighted by Crippen LogP contribution is -2.21. The maximum Gasteiger partial charge on any atom is 0.341 e. The number of carbonyl (C=O) groups excluding carboxylic acids is 2. The highest BCUT2D eigenvalue weighted by molar-refractivity contribution is 7.17. The molecule has 0 saturated heterocycles. The summed E-state index contributed by atoms with van der Waals surface area (Å²) in [5, 5.41) is 12.3. The first-order valence-electron chi connectivity index (χ1n) is 7.78. The number of hydrogen-bond acceptors (Lipinski definition) is 6. The Balaban J connectivity index is 1.72. The predicted molar refractivity (Wildman–Crippen MR) is 93.0 cm³/mol. The van der Waals surface area contributed by atoms with Crippen LogP contribution in [-0.2, 0) is 22.4 Å². The second kappa shape index (κ2) is 7.36. The van der Waals surface area contributed by atoms with E-state index in [1.54, 1.807) is 24.3 Å². The number of hydrogen-bond donors (Lipinski definition) is 1. The molecular formula is C18H16N2O4S. The Bertz CT molecular complexity index is 866. The number of thiophene rings is 1. The molecule has 1 amide bonds. The Morgan fingerprint density at radius 3 is 2.88 bits per heavy atom. The summed E-state index contributed by atoms with van der Waals surface area (Å²) in [4.78, 5) is 25.4. The molecule has 0 atom stereocenters. The smallest absolute Gasteiger partial charge is 0.341 e. The van der Waals surface area contributed by atoms with Crippen LogP contribution in [0.4, 0.5) is 5.00 Å². The normalized spacial score (nSPS) is 12.2. The number of para-hydroxylation sites is 1. The van der Waals surface area contributed by atoms with Gasteiger partial charge in [0.2, 0.25) is 0 Å². The number of fused-ring (bicyclic) bond motifs is 1. The number of esters is 1. The first-order valence-corrected chi connectivity index (χ1v) is 8.60. The van der Waals surface area contributed by atoms with Crippen LogP contribution in [-0.4, -0.2) is 25.6 Å². The van der Waals surface area contributed by atoms with Crippen molar-refractivity contribution in [3.8, 4) is 11.8 Å². The van der Waals surface area contributed by atoms with Crippen molar-refractivity contribution in [2.45, 2.75) is 19.3 Å². The second-order valence-corrected chi connectivity index (χ2v) is 6.60. The van der Waals surface area contributed by atoms with E-state index in [-0.39, 0.29) is 6.61 Å². The minimum Gasteiger partial charge on any atom is -0.482 e. The van der Waals surface area contributed by atoms with Crippen LogP contribution in [0.2, 0.25) is 0 Å². The largest absolute Gasteiger partial charge is 0.482 e. The molecule has 1 aliphatic carbocycles. The number of methoxy groups -OCH3 is 1. The summed E-state index contributed by atoms with van der Waals surface area (Å²) in [5.74, 6) is -0.481. The number of amides is 1. The lowest BCUT2D eigenvalue weighted by atomic mass is 10.1. The zero-order valence-electron chi connectivity index (χ0n) is 13.6. The first kappa shape index (κ1) is 17.0. The molecule has 0 spiro atoms. The third-order valence-corrected chi connectivity index (χ3v) is 5.14. The van der Waals surface area contributed by atoms with E-state index in [1.807, 2.05) is 6.07 Å². The number of aryl methyl sites for hydroxylation is 1. The van der Waals surface area contributed by atoms with E-state index >= 15 is 0 Å². The van der Waals surface area contributed by atoms with Gasteiger partial charge in [0.05, 0.1) is 18.2 Å². The number of rotatable bonds is 5. The van der Waals surface area contributed by atoms with Crippen molar-refractivity contribution in [3.05, 3.63) is 45.8 Å². The molecule has 1 aromatic heterocycles. The van der Waals surface area contributed by atoms with E-state index in [2.05, 4.69) is 5.32 Å². The third-order valence-electron chi connectivity index (χ3n) is 3.93. The van der Waals surface area contributed by atoms with E-state index in [4.69, 9.17) is 14.7 Å². The SMILES string of the molecule is COC(=O)c1c(NC(=O)COc2ccccc2C#N)sc2c1CCC2. The predicted octanol–water partition coefficient (Wildman–Crippen LogP) is 2.91. The summed E-state index contributed by atoms with van der Waals surface area (Å²) in [6.07, 6.45) is 2.73. The van der Waals surface area contributed by atoms with E-state index in [0.29, 0.717) is 21.9 Å². The maximum atomic E-state index is 12.2. The number of ether oxygens (including phenoxy) is 2. The minimum atomic E-state index is -0.439. The number of nitriles is 1. The molecular weight excluding hydrogens is 340 g/mol. The van der Waals surface area contributed by atoms with Gasteiger partial charge in [-0.25, -0.2) is 4.79 Å². The Kier molecular flexibility index (Phi) is 5.00. The van der Waals surface area contributed by atoms with Gasteiger partial charge in [0.25, 0.3) is 5.91 Å². The zero-order chi connectivity index (χ0) is 17.8. The maximum absolute atomic E-state index is 12.2. The van der Waals surface area contributed by atoms with Crippen molar-refractivity contribution < 1.29 is 19.1 Å². The van der Waals surface area contributed by atoms with E-state index in [0.717, 1.165) is 29.7 Å². The van der Waals surface area contributed by atoms with Crippen molar-refractivity contribution in [1.82, 2.24) is 0 Å². The van der Waals surface area contributed by atoms with Gasteiger partial charge in [-0.3, -0.25) is 4.79 Å². The van der Waals surface area contributed by atoms with Gasteiger partial charge < -0.3 is 14.8 Å². The number of anilines is 1. The van der Waals surface area contributed by atoms with Crippen LogP contribution in [0.5, 0.6) is 5.75 Å². The summed E-state index contributed by atoms with van der Waals surface area (Å²) < 4.78 is 10.3. The van der Waals surface area contributed by atoms with Gasteiger partial charge in [-0.05, 0) is 37.0 Å². The molecule has 0 saturated carbocycles. The van der Waals surface area contributed by atoms with Crippen molar-refractivity contribution >= 4 is 28.2 Å². The number of nitrogens with one attached hydrogen (secondary N) is 1.